The Labute approximate surface area is 131 Å². The third kappa shape index (κ3) is 3.91. The first-order valence-corrected chi connectivity index (χ1v) is 7.84. The molecule has 22 heavy (non-hydrogen) atoms. The summed E-state index contributed by atoms with van der Waals surface area (Å²) in [6, 6.07) is 9.34. The molecule has 0 saturated heterocycles. The van der Waals surface area contributed by atoms with Gasteiger partial charge in [-0.2, -0.15) is 0 Å². The molecule has 1 aromatic carbocycles. The van der Waals surface area contributed by atoms with Crippen molar-refractivity contribution in [2.45, 2.75) is 32.1 Å². The second-order valence-corrected chi connectivity index (χ2v) is 6.02. The average molecular weight is 295 g/mol. The van der Waals surface area contributed by atoms with Gasteiger partial charge in [0, 0.05) is 30.4 Å². The number of hydrogen-bond donors (Lipinski definition) is 1. The van der Waals surface area contributed by atoms with E-state index in [9.17, 15) is 4.79 Å². The van der Waals surface area contributed by atoms with Gasteiger partial charge in [0.15, 0.2) is 0 Å². The summed E-state index contributed by atoms with van der Waals surface area (Å²) in [5.41, 5.74) is 1.82. The van der Waals surface area contributed by atoms with Crippen LogP contribution in [-0.2, 0) is 0 Å². The molecule has 1 amide bonds. The van der Waals surface area contributed by atoms with Gasteiger partial charge in [0.1, 0.15) is 5.82 Å². The molecule has 0 radical (unpaired) electrons. The third-order valence-corrected chi connectivity index (χ3v) is 4.13. The summed E-state index contributed by atoms with van der Waals surface area (Å²) >= 11 is 0. The van der Waals surface area contributed by atoms with E-state index in [0.717, 1.165) is 23.7 Å². The van der Waals surface area contributed by atoms with E-state index in [1.807, 2.05) is 49.6 Å². The Morgan fingerprint density at radius 3 is 2.55 bits per heavy atom. The van der Waals surface area contributed by atoms with Crippen LogP contribution in [-0.4, -0.2) is 22.4 Å². The monoisotopic (exact) mass is 295 g/mol. The van der Waals surface area contributed by atoms with Gasteiger partial charge >= 0.3 is 0 Å². The minimum absolute atomic E-state index is 0.0190. The summed E-state index contributed by atoms with van der Waals surface area (Å²) in [6.45, 7) is 2.52. The van der Waals surface area contributed by atoms with Gasteiger partial charge in [0.05, 0.1) is 0 Å². The smallest absolute Gasteiger partial charge is 0.251 e. The molecule has 1 aromatic heterocycles. The summed E-state index contributed by atoms with van der Waals surface area (Å²) in [7, 11) is 0. The van der Waals surface area contributed by atoms with Gasteiger partial charge in [-0.3, -0.25) is 4.79 Å². The zero-order valence-electron chi connectivity index (χ0n) is 12.8. The number of rotatable bonds is 6. The summed E-state index contributed by atoms with van der Waals surface area (Å²) < 4.78 is 0. The van der Waals surface area contributed by atoms with Crippen LogP contribution in [0.15, 0.2) is 42.7 Å². The first-order valence-electron chi connectivity index (χ1n) is 7.84. The Hall–Kier alpha value is -2.23. The molecule has 0 aliphatic heterocycles. The number of hydrogen-bond acceptors (Lipinski definition) is 3. The van der Waals surface area contributed by atoms with E-state index in [1.165, 1.54) is 12.8 Å². The molecule has 114 valence electrons. The van der Waals surface area contributed by atoms with Crippen LogP contribution >= 0.6 is 0 Å². The Bertz CT molecular complexity index is 621. The fourth-order valence-corrected chi connectivity index (χ4v) is 2.61. The van der Waals surface area contributed by atoms with E-state index in [2.05, 4.69) is 15.3 Å². The van der Waals surface area contributed by atoms with Crippen molar-refractivity contribution >= 4 is 5.91 Å². The Kier molecular flexibility index (Phi) is 4.47. The van der Waals surface area contributed by atoms with Crippen LogP contribution in [0.2, 0.25) is 0 Å². The second-order valence-electron chi connectivity index (χ2n) is 6.02. The van der Waals surface area contributed by atoms with E-state index in [-0.39, 0.29) is 5.91 Å². The standard InChI is InChI=1S/C18H21N3O/c1-13-19-11-17(12-20-13)16(9-14-7-8-14)10-21-18(22)15-5-3-2-4-6-15/h2-6,11-12,14,16H,7-10H2,1H3,(H,21,22). The zero-order chi connectivity index (χ0) is 15.4. The molecule has 0 spiro atoms. The van der Waals surface area contributed by atoms with Crippen LogP contribution in [0, 0.1) is 12.8 Å². The molecular formula is C18H21N3O. The largest absolute Gasteiger partial charge is 0.351 e. The summed E-state index contributed by atoms with van der Waals surface area (Å²) in [5.74, 6) is 1.84. The summed E-state index contributed by atoms with van der Waals surface area (Å²) in [4.78, 5) is 20.8. The van der Waals surface area contributed by atoms with Crippen molar-refractivity contribution in [2.75, 3.05) is 6.54 Å². The number of amides is 1. The highest BCUT2D eigenvalue weighted by atomic mass is 16.1. The third-order valence-electron chi connectivity index (χ3n) is 4.13. The van der Waals surface area contributed by atoms with Gasteiger partial charge < -0.3 is 5.32 Å². The summed E-state index contributed by atoms with van der Waals surface area (Å²) in [6.07, 6.45) is 7.49. The molecule has 3 rings (SSSR count). The number of aromatic nitrogens is 2. The SMILES string of the molecule is Cc1ncc(C(CNC(=O)c2ccccc2)CC2CC2)cn1. The van der Waals surface area contributed by atoms with Crippen LogP contribution in [0.4, 0.5) is 0 Å². The fraction of sp³-hybridized carbons (Fsp3) is 0.389. The molecule has 1 saturated carbocycles. The minimum Gasteiger partial charge on any atom is -0.351 e. The maximum atomic E-state index is 12.2. The van der Waals surface area contributed by atoms with Crippen molar-refractivity contribution in [1.82, 2.24) is 15.3 Å². The molecule has 1 aliphatic rings. The predicted molar refractivity (Wildman–Crippen MR) is 85.6 cm³/mol. The first-order chi connectivity index (χ1) is 10.7. The van der Waals surface area contributed by atoms with Gasteiger partial charge in [-0.15, -0.1) is 0 Å². The number of carbonyl (C=O) groups excluding carboxylic acids is 1. The number of aryl methyl sites for hydroxylation is 1. The molecule has 1 heterocycles. The number of nitrogens with zero attached hydrogens (tertiary/aromatic N) is 2. The van der Waals surface area contributed by atoms with Gasteiger partial charge in [0.25, 0.3) is 5.91 Å². The van der Waals surface area contributed by atoms with Gasteiger partial charge in [-0.1, -0.05) is 31.0 Å². The molecule has 4 heteroatoms. The van der Waals surface area contributed by atoms with Crippen LogP contribution in [0.5, 0.6) is 0 Å². The molecule has 4 nitrogen and oxygen atoms in total. The van der Waals surface area contributed by atoms with Crippen LogP contribution in [0.25, 0.3) is 0 Å². The summed E-state index contributed by atoms with van der Waals surface area (Å²) in [5, 5.41) is 3.05. The van der Waals surface area contributed by atoms with Crippen LogP contribution in [0.3, 0.4) is 0 Å². The van der Waals surface area contributed by atoms with E-state index < -0.39 is 0 Å². The maximum Gasteiger partial charge on any atom is 0.251 e. The Balaban J connectivity index is 1.65. The van der Waals surface area contributed by atoms with Crippen molar-refractivity contribution in [3.8, 4) is 0 Å². The number of benzene rings is 1. The fourth-order valence-electron chi connectivity index (χ4n) is 2.61. The highest BCUT2D eigenvalue weighted by Gasteiger charge is 2.27. The number of carbonyl (C=O) groups is 1. The maximum absolute atomic E-state index is 12.2. The molecule has 1 unspecified atom stereocenters. The second kappa shape index (κ2) is 6.69. The lowest BCUT2D eigenvalue weighted by molar-refractivity contribution is 0.0950. The highest BCUT2D eigenvalue weighted by Crippen LogP contribution is 2.38. The molecule has 0 bridgehead atoms. The van der Waals surface area contributed by atoms with E-state index in [0.29, 0.717) is 18.0 Å². The number of nitrogens with one attached hydrogen (secondary N) is 1. The van der Waals surface area contributed by atoms with E-state index in [1.54, 1.807) is 0 Å². The lowest BCUT2D eigenvalue weighted by atomic mass is 9.95. The molecule has 2 aromatic rings. The van der Waals surface area contributed by atoms with Gasteiger partial charge in [-0.25, -0.2) is 9.97 Å². The molecule has 1 aliphatic carbocycles. The van der Waals surface area contributed by atoms with Gasteiger partial charge in [0.2, 0.25) is 0 Å². The normalized spacial score (nSPS) is 15.3. The zero-order valence-corrected chi connectivity index (χ0v) is 12.8. The lowest BCUT2D eigenvalue weighted by Crippen LogP contribution is -2.28. The van der Waals surface area contributed by atoms with Crippen molar-refractivity contribution in [2.24, 2.45) is 5.92 Å². The molecule has 1 atom stereocenters. The van der Waals surface area contributed by atoms with E-state index >= 15 is 0 Å². The minimum atomic E-state index is -0.0190. The van der Waals surface area contributed by atoms with Crippen LogP contribution < -0.4 is 5.32 Å². The highest BCUT2D eigenvalue weighted by molar-refractivity contribution is 5.94. The average Bonchev–Trinajstić information content (AvgIpc) is 3.37. The van der Waals surface area contributed by atoms with Crippen LogP contribution in [0.1, 0.15) is 46.9 Å². The van der Waals surface area contributed by atoms with E-state index in [4.69, 9.17) is 0 Å². The lowest BCUT2D eigenvalue weighted by Gasteiger charge is -2.17. The first kappa shape index (κ1) is 14.7. The van der Waals surface area contributed by atoms with Crippen molar-refractivity contribution in [1.29, 1.82) is 0 Å². The Morgan fingerprint density at radius 1 is 1.23 bits per heavy atom. The Morgan fingerprint density at radius 2 is 1.91 bits per heavy atom. The molecule has 1 N–H and O–H groups in total. The van der Waals surface area contributed by atoms with Crippen molar-refractivity contribution < 1.29 is 4.79 Å². The topological polar surface area (TPSA) is 54.9 Å². The molecule has 1 fully saturated rings. The van der Waals surface area contributed by atoms with Gasteiger partial charge in [-0.05, 0) is 37.0 Å². The van der Waals surface area contributed by atoms with Crippen molar-refractivity contribution in [3.05, 3.63) is 59.7 Å². The predicted octanol–water partition coefficient (Wildman–Crippen LogP) is 3.10. The molecular weight excluding hydrogens is 274 g/mol. The quantitative estimate of drug-likeness (QED) is 0.891. The van der Waals surface area contributed by atoms with Crippen molar-refractivity contribution in [3.63, 3.8) is 0 Å².